The lowest BCUT2D eigenvalue weighted by molar-refractivity contribution is -0.131. The van der Waals surface area contributed by atoms with E-state index >= 15 is 0 Å². The van der Waals surface area contributed by atoms with Crippen molar-refractivity contribution in [3.8, 4) is 5.75 Å². The topological polar surface area (TPSA) is 61.8 Å². The first-order valence-electron chi connectivity index (χ1n) is 6.44. The summed E-state index contributed by atoms with van der Waals surface area (Å²) in [6.45, 7) is 3.69. The molecule has 0 heterocycles. The molecular formula is C14H22N2O3. The van der Waals surface area contributed by atoms with Gasteiger partial charge < -0.3 is 20.1 Å². The molecule has 0 spiro atoms. The van der Waals surface area contributed by atoms with Gasteiger partial charge in [0.1, 0.15) is 5.75 Å². The molecule has 0 aliphatic heterocycles. The van der Waals surface area contributed by atoms with Gasteiger partial charge in [-0.3, -0.25) is 4.79 Å². The Bertz CT molecular complexity index is 396. The van der Waals surface area contributed by atoms with Crippen molar-refractivity contribution in [2.24, 2.45) is 0 Å². The highest BCUT2D eigenvalue weighted by Gasteiger charge is 2.14. The number of rotatable bonds is 8. The second-order valence-electron chi connectivity index (χ2n) is 4.13. The average molecular weight is 266 g/mol. The molecule has 19 heavy (non-hydrogen) atoms. The van der Waals surface area contributed by atoms with E-state index in [-0.39, 0.29) is 19.1 Å². The highest BCUT2D eigenvalue weighted by Crippen LogP contribution is 2.19. The van der Waals surface area contributed by atoms with Gasteiger partial charge in [0, 0.05) is 18.7 Å². The number of ether oxygens (including phenoxy) is 1. The molecule has 0 fully saturated rings. The zero-order valence-electron chi connectivity index (χ0n) is 11.6. The van der Waals surface area contributed by atoms with Gasteiger partial charge in [-0.25, -0.2) is 0 Å². The Morgan fingerprint density at radius 1 is 1.42 bits per heavy atom. The fraction of sp³-hybridized carbons (Fsp3) is 0.500. The molecule has 2 N–H and O–H groups in total. The number of para-hydroxylation sites is 1. The SMILES string of the molecule is CCNCC(=O)N(CCO)Cc1ccccc1OC. The van der Waals surface area contributed by atoms with Crippen LogP contribution in [-0.2, 0) is 11.3 Å². The first kappa shape index (κ1) is 15.5. The molecule has 0 aromatic heterocycles. The minimum absolute atomic E-state index is 0.0261. The fourth-order valence-electron chi connectivity index (χ4n) is 1.80. The fourth-order valence-corrected chi connectivity index (χ4v) is 1.80. The van der Waals surface area contributed by atoms with Gasteiger partial charge in [0.05, 0.1) is 20.3 Å². The Kier molecular flexibility index (Phi) is 6.92. The summed E-state index contributed by atoms with van der Waals surface area (Å²) in [4.78, 5) is 13.6. The molecule has 1 rings (SSSR count). The Morgan fingerprint density at radius 2 is 2.16 bits per heavy atom. The van der Waals surface area contributed by atoms with Crippen LogP contribution >= 0.6 is 0 Å². The molecular weight excluding hydrogens is 244 g/mol. The van der Waals surface area contributed by atoms with Crippen LogP contribution in [0.1, 0.15) is 12.5 Å². The van der Waals surface area contributed by atoms with E-state index in [9.17, 15) is 4.79 Å². The second-order valence-corrected chi connectivity index (χ2v) is 4.13. The number of aliphatic hydroxyl groups is 1. The molecule has 1 aromatic carbocycles. The van der Waals surface area contributed by atoms with Gasteiger partial charge >= 0.3 is 0 Å². The molecule has 5 heteroatoms. The summed E-state index contributed by atoms with van der Waals surface area (Å²) >= 11 is 0. The maximum Gasteiger partial charge on any atom is 0.236 e. The van der Waals surface area contributed by atoms with Crippen molar-refractivity contribution in [3.05, 3.63) is 29.8 Å². The number of methoxy groups -OCH3 is 1. The molecule has 106 valence electrons. The van der Waals surface area contributed by atoms with Crippen molar-refractivity contribution in [1.29, 1.82) is 0 Å². The van der Waals surface area contributed by atoms with Gasteiger partial charge in [-0.05, 0) is 12.6 Å². The van der Waals surface area contributed by atoms with E-state index in [1.165, 1.54) is 0 Å². The summed E-state index contributed by atoms with van der Waals surface area (Å²) in [6.07, 6.45) is 0. The predicted octanol–water partition coefficient (Wildman–Crippen LogP) is 0.626. The third-order valence-electron chi connectivity index (χ3n) is 2.80. The molecule has 0 aliphatic rings. The largest absolute Gasteiger partial charge is 0.496 e. The lowest BCUT2D eigenvalue weighted by atomic mass is 10.2. The number of hydrogen-bond donors (Lipinski definition) is 2. The predicted molar refractivity (Wildman–Crippen MR) is 74.0 cm³/mol. The molecule has 1 aromatic rings. The monoisotopic (exact) mass is 266 g/mol. The number of aliphatic hydroxyl groups excluding tert-OH is 1. The first-order chi connectivity index (χ1) is 9.22. The van der Waals surface area contributed by atoms with Gasteiger partial charge in [-0.15, -0.1) is 0 Å². The van der Waals surface area contributed by atoms with Gasteiger partial charge in [-0.2, -0.15) is 0 Å². The molecule has 1 amide bonds. The summed E-state index contributed by atoms with van der Waals surface area (Å²) in [5, 5.41) is 12.1. The van der Waals surface area contributed by atoms with Crippen molar-refractivity contribution in [2.75, 3.05) is 33.4 Å². The Morgan fingerprint density at radius 3 is 2.79 bits per heavy atom. The van der Waals surface area contributed by atoms with Crippen molar-refractivity contribution in [1.82, 2.24) is 10.2 Å². The quantitative estimate of drug-likeness (QED) is 0.724. The average Bonchev–Trinajstić information content (AvgIpc) is 2.44. The third-order valence-corrected chi connectivity index (χ3v) is 2.80. The minimum atomic E-state index is -0.0486. The van der Waals surface area contributed by atoms with Gasteiger partial charge in [0.15, 0.2) is 0 Å². The lowest BCUT2D eigenvalue weighted by Gasteiger charge is -2.23. The summed E-state index contributed by atoms with van der Waals surface area (Å²) in [7, 11) is 1.61. The smallest absolute Gasteiger partial charge is 0.236 e. The van der Waals surface area contributed by atoms with Crippen LogP contribution in [0.3, 0.4) is 0 Å². The summed E-state index contributed by atoms with van der Waals surface area (Å²) in [5.74, 6) is 0.725. The molecule has 0 aliphatic carbocycles. The lowest BCUT2D eigenvalue weighted by Crippen LogP contribution is -2.39. The van der Waals surface area contributed by atoms with E-state index in [0.717, 1.165) is 17.9 Å². The normalized spacial score (nSPS) is 10.3. The number of benzene rings is 1. The van der Waals surface area contributed by atoms with Gasteiger partial charge in [0.2, 0.25) is 5.91 Å². The molecule has 0 bridgehead atoms. The summed E-state index contributed by atoms with van der Waals surface area (Å²) in [5.41, 5.74) is 0.934. The number of likely N-dealkylation sites (N-methyl/N-ethyl adjacent to an activating group) is 1. The second kappa shape index (κ2) is 8.50. The Labute approximate surface area is 114 Å². The molecule has 5 nitrogen and oxygen atoms in total. The highest BCUT2D eigenvalue weighted by atomic mass is 16.5. The van der Waals surface area contributed by atoms with Crippen LogP contribution in [0.25, 0.3) is 0 Å². The maximum absolute atomic E-state index is 12.0. The van der Waals surface area contributed by atoms with Crippen LogP contribution in [-0.4, -0.2) is 49.3 Å². The molecule has 0 unspecified atom stereocenters. The molecule has 0 radical (unpaired) electrons. The number of nitrogens with zero attached hydrogens (tertiary/aromatic N) is 1. The van der Waals surface area contributed by atoms with Gasteiger partial charge in [0.25, 0.3) is 0 Å². The van der Waals surface area contributed by atoms with Crippen molar-refractivity contribution in [3.63, 3.8) is 0 Å². The zero-order chi connectivity index (χ0) is 14.1. The zero-order valence-corrected chi connectivity index (χ0v) is 11.6. The summed E-state index contributed by atoms with van der Waals surface area (Å²) in [6, 6.07) is 7.58. The number of carbonyl (C=O) groups is 1. The maximum atomic E-state index is 12.0. The van der Waals surface area contributed by atoms with E-state index in [0.29, 0.717) is 13.1 Å². The van der Waals surface area contributed by atoms with Gasteiger partial charge in [-0.1, -0.05) is 25.1 Å². The van der Waals surface area contributed by atoms with Crippen molar-refractivity contribution in [2.45, 2.75) is 13.5 Å². The van der Waals surface area contributed by atoms with Crippen LogP contribution in [0.5, 0.6) is 5.75 Å². The highest BCUT2D eigenvalue weighted by molar-refractivity contribution is 5.78. The number of amides is 1. The number of hydrogen-bond acceptors (Lipinski definition) is 4. The van der Waals surface area contributed by atoms with E-state index in [1.807, 2.05) is 31.2 Å². The third kappa shape index (κ3) is 4.89. The molecule has 0 saturated carbocycles. The number of nitrogens with one attached hydrogen (secondary N) is 1. The standard InChI is InChI=1S/C14H22N2O3/c1-3-15-10-14(18)16(8-9-17)11-12-6-4-5-7-13(12)19-2/h4-7,15,17H,3,8-11H2,1-2H3. The Balaban J connectivity index is 2.74. The molecule has 0 atom stereocenters. The van der Waals surface area contributed by atoms with E-state index in [4.69, 9.17) is 9.84 Å². The minimum Gasteiger partial charge on any atom is -0.496 e. The summed E-state index contributed by atoms with van der Waals surface area (Å²) < 4.78 is 5.27. The van der Waals surface area contributed by atoms with Crippen LogP contribution < -0.4 is 10.1 Å². The van der Waals surface area contributed by atoms with E-state index < -0.39 is 0 Å². The van der Waals surface area contributed by atoms with Crippen molar-refractivity contribution >= 4 is 5.91 Å². The number of carbonyl (C=O) groups excluding carboxylic acids is 1. The van der Waals surface area contributed by atoms with Crippen LogP contribution in [0.15, 0.2) is 24.3 Å². The van der Waals surface area contributed by atoms with Crippen LogP contribution in [0, 0.1) is 0 Å². The van der Waals surface area contributed by atoms with E-state index in [2.05, 4.69) is 5.32 Å². The Hall–Kier alpha value is -1.59. The van der Waals surface area contributed by atoms with Crippen LogP contribution in [0.4, 0.5) is 0 Å². The van der Waals surface area contributed by atoms with Crippen LogP contribution in [0.2, 0.25) is 0 Å². The first-order valence-corrected chi connectivity index (χ1v) is 6.44. The molecule has 0 saturated heterocycles. The van der Waals surface area contributed by atoms with Crippen molar-refractivity contribution < 1.29 is 14.6 Å². The van der Waals surface area contributed by atoms with E-state index in [1.54, 1.807) is 12.0 Å².